The van der Waals surface area contributed by atoms with Gasteiger partial charge in [-0.15, -0.1) is 11.8 Å². The molecule has 3 nitrogen and oxygen atoms in total. The molecule has 4 heteroatoms. The lowest BCUT2D eigenvalue weighted by atomic mass is 10.0. The monoisotopic (exact) mass is 292 g/mol. The van der Waals surface area contributed by atoms with Crippen LogP contribution in [0.5, 0.6) is 0 Å². The molecule has 1 saturated heterocycles. The zero-order valence-electron chi connectivity index (χ0n) is 12.4. The van der Waals surface area contributed by atoms with Crippen LogP contribution in [0.15, 0.2) is 29.2 Å². The summed E-state index contributed by atoms with van der Waals surface area (Å²) in [7, 11) is 0. The Morgan fingerprint density at radius 1 is 1.40 bits per heavy atom. The molecule has 1 aliphatic heterocycles. The Kier molecular flexibility index (Phi) is 5.92. The van der Waals surface area contributed by atoms with Gasteiger partial charge in [0.05, 0.1) is 0 Å². The van der Waals surface area contributed by atoms with Crippen LogP contribution in [0.4, 0.5) is 0 Å². The van der Waals surface area contributed by atoms with E-state index in [-0.39, 0.29) is 5.91 Å². The zero-order chi connectivity index (χ0) is 14.4. The lowest BCUT2D eigenvalue weighted by molar-refractivity contribution is 0.0943. The molecule has 1 aliphatic rings. The van der Waals surface area contributed by atoms with Gasteiger partial charge in [0.1, 0.15) is 0 Å². The first-order valence-electron chi connectivity index (χ1n) is 7.33. The molecule has 1 fully saturated rings. The summed E-state index contributed by atoms with van der Waals surface area (Å²) in [4.78, 5) is 15.6. The summed E-state index contributed by atoms with van der Waals surface area (Å²) in [6.07, 6.45) is 4.66. The fourth-order valence-electron chi connectivity index (χ4n) is 2.66. The van der Waals surface area contributed by atoms with Crippen LogP contribution < -0.4 is 5.32 Å². The van der Waals surface area contributed by atoms with Crippen molar-refractivity contribution in [1.29, 1.82) is 0 Å². The minimum absolute atomic E-state index is 0.0303. The molecule has 1 aromatic carbocycles. The van der Waals surface area contributed by atoms with Crippen LogP contribution >= 0.6 is 11.8 Å². The average molecular weight is 292 g/mol. The number of hydrogen-bond acceptors (Lipinski definition) is 3. The molecule has 1 amide bonds. The van der Waals surface area contributed by atoms with Gasteiger partial charge in [0.25, 0.3) is 5.91 Å². The molecule has 0 aromatic heterocycles. The highest BCUT2D eigenvalue weighted by molar-refractivity contribution is 7.98. The predicted octanol–water partition coefficient (Wildman–Crippen LogP) is 2.87. The highest BCUT2D eigenvalue weighted by atomic mass is 32.2. The van der Waals surface area contributed by atoms with Crippen molar-refractivity contribution in [3.05, 3.63) is 29.8 Å². The molecule has 2 rings (SSSR count). The summed E-state index contributed by atoms with van der Waals surface area (Å²) >= 11 is 1.69. The summed E-state index contributed by atoms with van der Waals surface area (Å²) in [6, 6.07) is 7.77. The number of piperidine rings is 1. The van der Waals surface area contributed by atoms with E-state index < -0.39 is 0 Å². The second-order valence-corrected chi connectivity index (χ2v) is 6.41. The molecular weight excluding hydrogens is 268 g/mol. The Morgan fingerprint density at radius 2 is 2.15 bits per heavy atom. The van der Waals surface area contributed by atoms with Gasteiger partial charge in [-0.05, 0) is 55.8 Å². The SMILES string of the molecule is CSc1ccc(C(=O)NCCN2CCCC(C)C2)cc1. The van der Waals surface area contributed by atoms with Crippen molar-refractivity contribution in [3.8, 4) is 0 Å². The molecular formula is C16H24N2OS. The maximum atomic E-state index is 12.0. The molecule has 20 heavy (non-hydrogen) atoms. The Morgan fingerprint density at radius 3 is 2.80 bits per heavy atom. The van der Waals surface area contributed by atoms with Crippen molar-refractivity contribution < 1.29 is 4.79 Å². The number of nitrogens with zero attached hydrogens (tertiary/aromatic N) is 1. The summed E-state index contributed by atoms with van der Waals surface area (Å²) in [6.45, 7) is 6.33. The third-order valence-corrected chi connectivity index (χ3v) is 4.55. The number of carbonyl (C=O) groups is 1. The number of rotatable bonds is 5. The minimum atomic E-state index is 0.0303. The normalized spacial score (nSPS) is 19.8. The number of likely N-dealkylation sites (tertiary alicyclic amines) is 1. The predicted molar refractivity (Wildman–Crippen MR) is 85.4 cm³/mol. The third kappa shape index (κ3) is 4.53. The van der Waals surface area contributed by atoms with E-state index in [4.69, 9.17) is 0 Å². The van der Waals surface area contributed by atoms with Gasteiger partial charge in [-0.2, -0.15) is 0 Å². The van der Waals surface area contributed by atoms with Gasteiger partial charge in [-0.3, -0.25) is 4.79 Å². The van der Waals surface area contributed by atoms with Crippen molar-refractivity contribution in [2.24, 2.45) is 5.92 Å². The molecule has 1 aromatic rings. The smallest absolute Gasteiger partial charge is 0.251 e. The van der Waals surface area contributed by atoms with E-state index in [0.29, 0.717) is 0 Å². The zero-order valence-corrected chi connectivity index (χ0v) is 13.2. The molecule has 1 N–H and O–H groups in total. The molecule has 1 heterocycles. The fraction of sp³-hybridized carbons (Fsp3) is 0.562. The van der Waals surface area contributed by atoms with Crippen molar-refractivity contribution in [2.75, 3.05) is 32.4 Å². The maximum Gasteiger partial charge on any atom is 0.251 e. The van der Waals surface area contributed by atoms with E-state index in [1.807, 2.05) is 30.5 Å². The van der Waals surface area contributed by atoms with E-state index >= 15 is 0 Å². The summed E-state index contributed by atoms with van der Waals surface area (Å²) in [5.74, 6) is 0.821. The quantitative estimate of drug-likeness (QED) is 0.847. The van der Waals surface area contributed by atoms with Crippen LogP contribution in [0.1, 0.15) is 30.1 Å². The number of hydrogen-bond donors (Lipinski definition) is 1. The van der Waals surface area contributed by atoms with E-state index in [2.05, 4.69) is 17.1 Å². The lowest BCUT2D eigenvalue weighted by Gasteiger charge is -2.30. The van der Waals surface area contributed by atoms with Gasteiger partial charge in [0.2, 0.25) is 0 Å². The number of benzene rings is 1. The number of carbonyl (C=O) groups excluding carboxylic acids is 1. The summed E-state index contributed by atoms with van der Waals surface area (Å²) in [5.41, 5.74) is 0.745. The van der Waals surface area contributed by atoms with Crippen LogP contribution in [0.2, 0.25) is 0 Å². The van der Waals surface area contributed by atoms with Gasteiger partial charge in [-0.25, -0.2) is 0 Å². The maximum absolute atomic E-state index is 12.0. The topological polar surface area (TPSA) is 32.3 Å². The first-order chi connectivity index (χ1) is 9.69. The largest absolute Gasteiger partial charge is 0.351 e. The first-order valence-corrected chi connectivity index (χ1v) is 8.56. The van der Waals surface area contributed by atoms with Gasteiger partial charge in [-0.1, -0.05) is 6.92 Å². The molecule has 1 unspecified atom stereocenters. The van der Waals surface area contributed by atoms with Crippen LogP contribution in [0.25, 0.3) is 0 Å². The van der Waals surface area contributed by atoms with Gasteiger partial charge in [0.15, 0.2) is 0 Å². The van der Waals surface area contributed by atoms with E-state index in [9.17, 15) is 4.79 Å². The summed E-state index contributed by atoms with van der Waals surface area (Å²) in [5, 5.41) is 3.01. The Hall–Kier alpha value is -1.00. The Labute approximate surface area is 126 Å². The summed E-state index contributed by atoms with van der Waals surface area (Å²) < 4.78 is 0. The van der Waals surface area contributed by atoms with Crippen LogP contribution in [0, 0.1) is 5.92 Å². The average Bonchev–Trinajstić information content (AvgIpc) is 2.47. The van der Waals surface area contributed by atoms with Crippen molar-refractivity contribution in [2.45, 2.75) is 24.7 Å². The van der Waals surface area contributed by atoms with E-state index in [1.165, 1.54) is 24.3 Å². The third-order valence-electron chi connectivity index (χ3n) is 3.81. The molecule has 0 aliphatic carbocycles. The fourth-order valence-corrected chi connectivity index (χ4v) is 3.07. The standard InChI is InChI=1S/C16H24N2OS/c1-13-4-3-10-18(12-13)11-9-17-16(19)14-5-7-15(20-2)8-6-14/h5-8,13H,3-4,9-12H2,1-2H3,(H,17,19). The van der Waals surface area contributed by atoms with E-state index in [0.717, 1.165) is 31.1 Å². The second kappa shape index (κ2) is 7.70. The highest BCUT2D eigenvalue weighted by Gasteiger charge is 2.15. The first kappa shape index (κ1) is 15.4. The molecule has 0 bridgehead atoms. The molecule has 110 valence electrons. The number of amides is 1. The van der Waals surface area contributed by atoms with Crippen LogP contribution in [-0.2, 0) is 0 Å². The Balaban J connectivity index is 1.74. The minimum Gasteiger partial charge on any atom is -0.351 e. The van der Waals surface area contributed by atoms with Crippen molar-refractivity contribution in [3.63, 3.8) is 0 Å². The van der Waals surface area contributed by atoms with Crippen LogP contribution in [-0.4, -0.2) is 43.2 Å². The lowest BCUT2D eigenvalue weighted by Crippen LogP contribution is -2.40. The Bertz CT molecular complexity index is 433. The molecule has 0 radical (unpaired) electrons. The van der Waals surface area contributed by atoms with Crippen LogP contribution in [0.3, 0.4) is 0 Å². The van der Waals surface area contributed by atoms with Gasteiger partial charge < -0.3 is 10.2 Å². The molecule has 0 saturated carbocycles. The van der Waals surface area contributed by atoms with Crippen molar-refractivity contribution >= 4 is 17.7 Å². The second-order valence-electron chi connectivity index (χ2n) is 5.53. The highest BCUT2D eigenvalue weighted by Crippen LogP contribution is 2.15. The number of nitrogens with one attached hydrogen (secondary N) is 1. The number of thioether (sulfide) groups is 1. The van der Waals surface area contributed by atoms with Gasteiger partial charge in [0, 0.05) is 30.1 Å². The molecule has 1 atom stereocenters. The van der Waals surface area contributed by atoms with E-state index in [1.54, 1.807) is 11.8 Å². The van der Waals surface area contributed by atoms with Gasteiger partial charge >= 0.3 is 0 Å². The molecule has 0 spiro atoms. The van der Waals surface area contributed by atoms with Crippen molar-refractivity contribution in [1.82, 2.24) is 10.2 Å².